The molecule has 4 heteroatoms. The molecule has 61 heavy (non-hydrogen) atoms. The Hall–Kier alpha value is -8.21. The molecule has 2 aromatic heterocycles. The van der Waals surface area contributed by atoms with E-state index < -0.39 is 0 Å². The molecule has 0 fully saturated rings. The first-order valence-corrected chi connectivity index (χ1v) is 20.7. The van der Waals surface area contributed by atoms with Crippen LogP contribution >= 0.6 is 0 Å². The predicted molar refractivity (Wildman–Crippen MR) is 254 cm³/mol. The summed E-state index contributed by atoms with van der Waals surface area (Å²) in [5, 5.41) is 9.68. The zero-order valence-corrected chi connectivity index (χ0v) is 33.1. The Bertz CT molecular complexity index is 3650. The van der Waals surface area contributed by atoms with Gasteiger partial charge in [0.2, 0.25) is 0 Å². The minimum Gasteiger partial charge on any atom is -0.309 e. The van der Waals surface area contributed by atoms with Gasteiger partial charge in [-0.05, 0) is 103 Å². The maximum atomic E-state index is 5.30. The van der Waals surface area contributed by atoms with Crippen molar-refractivity contribution in [2.45, 2.75) is 0 Å². The number of aromatic nitrogens is 4. The topological polar surface area (TPSA) is 43.6 Å². The maximum Gasteiger partial charge on any atom is 0.164 e. The molecule has 0 aliphatic carbocycles. The lowest BCUT2D eigenvalue weighted by Gasteiger charge is -2.16. The Balaban J connectivity index is 1.14. The highest BCUT2D eigenvalue weighted by Gasteiger charge is 2.21. The number of hydrogen-bond donors (Lipinski definition) is 0. The SMILES string of the molecule is c1ccc(-c2cccc(-c3cc(-n4c5cc6ccccc6cc5c5c6ccccc6ccc54)ccc3-c3nc(-c4ccccc4)nc(-c4ccc5ccccc5c4)n3)c2)cc1. The van der Waals surface area contributed by atoms with Gasteiger partial charge in [0.05, 0.1) is 11.0 Å². The van der Waals surface area contributed by atoms with Crippen molar-refractivity contribution in [3.63, 3.8) is 0 Å². The summed E-state index contributed by atoms with van der Waals surface area (Å²) in [4.78, 5) is 15.7. The quantitative estimate of drug-likeness (QED) is 0.169. The van der Waals surface area contributed by atoms with E-state index in [9.17, 15) is 0 Å². The fourth-order valence-corrected chi connectivity index (χ4v) is 9.02. The van der Waals surface area contributed by atoms with Crippen LogP contribution in [0.5, 0.6) is 0 Å². The summed E-state index contributed by atoms with van der Waals surface area (Å²) in [5.41, 5.74) is 10.6. The van der Waals surface area contributed by atoms with Crippen molar-refractivity contribution >= 4 is 54.1 Å². The van der Waals surface area contributed by atoms with Crippen molar-refractivity contribution in [1.82, 2.24) is 19.5 Å². The van der Waals surface area contributed by atoms with Gasteiger partial charge in [0.25, 0.3) is 0 Å². The second-order valence-electron chi connectivity index (χ2n) is 15.6. The third-order valence-electron chi connectivity index (χ3n) is 12.0. The van der Waals surface area contributed by atoms with Crippen LogP contribution in [0.1, 0.15) is 0 Å². The van der Waals surface area contributed by atoms with E-state index in [-0.39, 0.29) is 0 Å². The van der Waals surface area contributed by atoms with Gasteiger partial charge in [0.15, 0.2) is 17.5 Å². The van der Waals surface area contributed by atoms with Crippen molar-refractivity contribution in [3.05, 3.63) is 218 Å². The van der Waals surface area contributed by atoms with E-state index in [4.69, 9.17) is 15.0 Å². The number of nitrogens with zero attached hydrogens (tertiary/aromatic N) is 4. The standard InChI is InChI=1S/C57H36N4/c1-3-14-37(15-4-1)42-23-13-24-45(32-42)50-36-47(61-52-31-28-39-17-11-12-25-48(39)54(52)51-34-43-21-9-10-22-44(43)35-53(51)61)29-30-49(50)57-59-55(40-18-5-2-6-19-40)58-56(60-57)46-27-26-38-16-7-8-20-41(38)33-46/h1-36H. The van der Waals surface area contributed by atoms with Gasteiger partial charge < -0.3 is 4.57 Å². The fourth-order valence-electron chi connectivity index (χ4n) is 9.02. The molecule has 0 aliphatic heterocycles. The van der Waals surface area contributed by atoms with E-state index in [1.807, 2.05) is 18.2 Å². The highest BCUT2D eigenvalue weighted by atomic mass is 15.0. The van der Waals surface area contributed by atoms with Gasteiger partial charge >= 0.3 is 0 Å². The number of fused-ring (bicyclic) bond motifs is 7. The van der Waals surface area contributed by atoms with Crippen LogP contribution in [0, 0.1) is 0 Å². The van der Waals surface area contributed by atoms with E-state index in [2.05, 4.69) is 205 Å². The molecule has 0 N–H and O–H groups in total. The zero-order chi connectivity index (χ0) is 40.3. The van der Waals surface area contributed by atoms with Crippen molar-refractivity contribution in [2.75, 3.05) is 0 Å². The van der Waals surface area contributed by atoms with E-state index >= 15 is 0 Å². The average Bonchev–Trinajstić information content (AvgIpc) is 3.66. The fraction of sp³-hybridized carbons (Fsp3) is 0. The molecular weight excluding hydrogens is 741 g/mol. The molecule has 0 saturated heterocycles. The van der Waals surface area contributed by atoms with Crippen molar-refractivity contribution < 1.29 is 0 Å². The van der Waals surface area contributed by atoms with E-state index in [0.29, 0.717) is 17.5 Å². The summed E-state index contributed by atoms with van der Waals surface area (Å²) in [6, 6.07) is 77.8. The molecule has 0 amide bonds. The van der Waals surface area contributed by atoms with Crippen LogP contribution in [0.25, 0.3) is 116 Å². The molecule has 4 nitrogen and oxygen atoms in total. The molecule has 0 spiro atoms. The number of hydrogen-bond acceptors (Lipinski definition) is 3. The van der Waals surface area contributed by atoms with Crippen LogP contribution < -0.4 is 0 Å². The first-order chi connectivity index (χ1) is 30.2. The first kappa shape index (κ1) is 34.8. The molecule has 12 rings (SSSR count). The summed E-state index contributed by atoms with van der Waals surface area (Å²) in [5.74, 6) is 1.87. The summed E-state index contributed by atoms with van der Waals surface area (Å²) in [7, 11) is 0. The van der Waals surface area contributed by atoms with Crippen molar-refractivity contribution in [2.24, 2.45) is 0 Å². The van der Waals surface area contributed by atoms with Gasteiger partial charge in [-0.3, -0.25) is 0 Å². The second-order valence-corrected chi connectivity index (χ2v) is 15.6. The molecule has 284 valence electrons. The third-order valence-corrected chi connectivity index (χ3v) is 12.0. The minimum absolute atomic E-state index is 0.614. The van der Waals surface area contributed by atoms with E-state index in [0.717, 1.165) is 61.1 Å². The lowest BCUT2D eigenvalue weighted by molar-refractivity contribution is 1.07. The number of rotatable bonds is 6. The largest absolute Gasteiger partial charge is 0.309 e. The molecule has 12 aromatic rings. The van der Waals surface area contributed by atoms with Gasteiger partial charge in [0.1, 0.15) is 0 Å². The molecule has 0 unspecified atom stereocenters. The highest BCUT2D eigenvalue weighted by molar-refractivity contribution is 6.23. The van der Waals surface area contributed by atoms with E-state index in [1.165, 1.54) is 37.7 Å². The van der Waals surface area contributed by atoms with Gasteiger partial charge in [-0.2, -0.15) is 0 Å². The van der Waals surface area contributed by atoms with Crippen molar-refractivity contribution in [3.8, 4) is 62.1 Å². The Kier molecular flexibility index (Phi) is 8.13. The minimum atomic E-state index is 0.614. The Labute approximate surface area is 352 Å². The summed E-state index contributed by atoms with van der Waals surface area (Å²) < 4.78 is 2.43. The van der Waals surface area contributed by atoms with Gasteiger partial charge in [-0.15, -0.1) is 0 Å². The third kappa shape index (κ3) is 6.04. The highest BCUT2D eigenvalue weighted by Crippen LogP contribution is 2.42. The molecule has 0 atom stereocenters. The first-order valence-electron chi connectivity index (χ1n) is 20.7. The summed E-state index contributed by atoms with van der Waals surface area (Å²) in [6.45, 7) is 0. The molecule has 10 aromatic carbocycles. The smallest absolute Gasteiger partial charge is 0.164 e. The predicted octanol–water partition coefficient (Wildman–Crippen LogP) is 14.8. The van der Waals surface area contributed by atoms with Crippen LogP contribution in [0.2, 0.25) is 0 Å². The van der Waals surface area contributed by atoms with Crippen LogP contribution in [0.15, 0.2) is 218 Å². The number of benzene rings is 10. The van der Waals surface area contributed by atoms with Gasteiger partial charge in [-0.25, -0.2) is 15.0 Å². The second kappa shape index (κ2) is 14.3. The summed E-state index contributed by atoms with van der Waals surface area (Å²) in [6.07, 6.45) is 0. The lowest BCUT2D eigenvalue weighted by Crippen LogP contribution is -2.02. The average molecular weight is 777 g/mol. The Morgan fingerprint density at radius 1 is 0.279 bits per heavy atom. The summed E-state index contributed by atoms with van der Waals surface area (Å²) >= 11 is 0. The Morgan fingerprint density at radius 3 is 1.66 bits per heavy atom. The van der Waals surface area contributed by atoms with E-state index in [1.54, 1.807) is 0 Å². The van der Waals surface area contributed by atoms with Crippen molar-refractivity contribution in [1.29, 1.82) is 0 Å². The molecule has 0 saturated carbocycles. The molecule has 0 bridgehead atoms. The maximum absolute atomic E-state index is 5.30. The molecule has 0 aliphatic rings. The van der Waals surface area contributed by atoms with Gasteiger partial charge in [-0.1, -0.05) is 170 Å². The van der Waals surface area contributed by atoms with Crippen LogP contribution in [-0.4, -0.2) is 19.5 Å². The Morgan fingerprint density at radius 2 is 0.869 bits per heavy atom. The van der Waals surface area contributed by atoms with Crippen LogP contribution in [0.4, 0.5) is 0 Å². The lowest BCUT2D eigenvalue weighted by atomic mass is 9.94. The molecular formula is C57H36N4. The normalized spacial score (nSPS) is 11.6. The molecule has 2 heterocycles. The zero-order valence-electron chi connectivity index (χ0n) is 33.1. The monoisotopic (exact) mass is 776 g/mol. The van der Waals surface area contributed by atoms with Gasteiger partial charge in [0, 0.05) is 33.2 Å². The van der Waals surface area contributed by atoms with Crippen LogP contribution in [-0.2, 0) is 0 Å². The van der Waals surface area contributed by atoms with Crippen LogP contribution in [0.3, 0.4) is 0 Å². The molecule has 0 radical (unpaired) electrons.